The summed E-state index contributed by atoms with van der Waals surface area (Å²) in [5.41, 5.74) is 0. The van der Waals surface area contributed by atoms with Crippen LogP contribution in [0.15, 0.2) is 0 Å². The number of hydrogen-bond donors (Lipinski definition) is 0. The Bertz CT molecular complexity index is 181. The molecule has 0 spiro atoms. The highest BCUT2D eigenvalue weighted by Gasteiger charge is 2.19. The summed E-state index contributed by atoms with van der Waals surface area (Å²) in [6.07, 6.45) is 16.2. The summed E-state index contributed by atoms with van der Waals surface area (Å²) in [5.74, 6) is 0.828. The van der Waals surface area contributed by atoms with Gasteiger partial charge in [-0.3, -0.25) is 0 Å². The van der Waals surface area contributed by atoms with Crippen LogP contribution in [-0.2, 0) is 0 Å². The fourth-order valence-electron chi connectivity index (χ4n) is 2.30. The standard InChI is InChI=1S/C15H31Cl3Si/c1-19(17,18)15-13-11-9-7-5-3-2-4-6-8-10-12-14-16/h2-15H2,1H3. The molecule has 0 aromatic carbocycles. The van der Waals surface area contributed by atoms with Crippen molar-refractivity contribution in [3.63, 3.8) is 0 Å². The highest BCUT2D eigenvalue weighted by molar-refractivity contribution is 7.44. The molecule has 0 fully saturated rings. The Kier molecular flexibility index (Phi) is 14.8. The SMILES string of the molecule is C[Si](Cl)(Cl)CCCCCCCCCCCCCCCl. The summed E-state index contributed by atoms with van der Waals surface area (Å²) >= 11 is 17.8. The third-order valence-corrected chi connectivity index (χ3v) is 6.13. The average molecular weight is 346 g/mol. The molecule has 0 aromatic rings. The number of rotatable bonds is 14. The van der Waals surface area contributed by atoms with E-state index in [0.717, 1.165) is 11.9 Å². The molecule has 0 N–H and O–H groups in total. The maximum atomic E-state index is 6.07. The molecule has 0 unspecified atom stereocenters. The van der Waals surface area contributed by atoms with Crippen LogP contribution in [0.2, 0.25) is 12.6 Å². The van der Waals surface area contributed by atoms with Gasteiger partial charge in [-0.2, -0.15) is 0 Å². The molecule has 0 aliphatic rings. The van der Waals surface area contributed by atoms with Crippen molar-refractivity contribution < 1.29 is 0 Å². The molecule has 0 aliphatic carbocycles. The molecule has 0 aliphatic heterocycles. The van der Waals surface area contributed by atoms with E-state index in [1.54, 1.807) is 0 Å². The van der Waals surface area contributed by atoms with E-state index < -0.39 is 6.69 Å². The largest absolute Gasteiger partial charge is 0.248 e. The number of unbranched alkanes of at least 4 members (excludes halogenated alkanes) is 11. The summed E-state index contributed by atoms with van der Waals surface area (Å²) < 4.78 is 0. The van der Waals surface area contributed by atoms with Crippen LogP contribution in [0.4, 0.5) is 0 Å². The van der Waals surface area contributed by atoms with Gasteiger partial charge in [-0.1, -0.05) is 70.6 Å². The first-order chi connectivity index (χ1) is 9.06. The molecule has 19 heavy (non-hydrogen) atoms. The van der Waals surface area contributed by atoms with E-state index in [4.69, 9.17) is 33.8 Å². The Balaban J connectivity index is 2.99. The minimum atomic E-state index is -1.82. The molecule has 0 radical (unpaired) electrons. The van der Waals surface area contributed by atoms with Crippen LogP contribution in [0, 0.1) is 0 Å². The molecular formula is C15H31Cl3Si. The van der Waals surface area contributed by atoms with E-state index in [-0.39, 0.29) is 0 Å². The second kappa shape index (κ2) is 14.0. The van der Waals surface area contributed by atoms with Gasteiger partial charge in [-0.05, 0) is 19.0 Å². The van der Waals surface area contributed by atoms with Crippen molar-refractivity contribution in [1.29, 1.82) is 0 Å². The Labute approximate surface area is 136 Å². The number of alkyl halides is 1. The Morgan fingerprint density at radius 1 is 0.579 bits per heavy atom. The van der Waals surface area contributed by atoms with Gasteiger partial charge in [0.1, 0.15) is 0 Å². The van der Waals surface area contributed by atoms with Gasteiger partial charge < -0.3 is 0 Å². The van der Waals surface area contributed by atoms with E-state index >= 15 is 0 Å². The van der Waals surface area contributed by atoms with Gasteiger partial charge in [-0.25, -0.2) is 0 Å². The van der Waals surface area contributed by atoms with E-state index in [9.17, 15) is 0 Å². The van der Waals surface area contributed by atoms with Gasteiger partial charge in [0.2, 0.25) is 6.69 Å². The minimum absolute atomic E-state index is 0.828. The summed E-state index contributed by atoms with van der Waals surface area (Å²) in [4.78, 5) is 0. The average Bonchev–Trinajstić information content (AvgIpc) is 2.34. The molecule has 0 heterocycles. The molecule has 0 bridgehead atoms. The van der Waals surface area contributed by atoms with Crippen LogP contribution < -0.4 is 0 Å². The van der Waals surface area contributed by atoms with Crippen molar-refractivity contribution in [2.75, 3.05) is 5.88 Å². The van der Waals surface area contributed by atoms with Crippen LogP contribution >= 0.6 is 33.8 Å². The Hall–Kier alpha value is 1.09. The molecule has 0 aromatic heterocycles. The summed E-state index contributed by atoms with van der Waals surface area (Å²) in [7, 11) is 0. The summed E-state index contributed by atoms with van der Waals surface area (Å²) in [6, 6.07) is 1.05. The lowest BCUT2D eigenvalue weighted by Crippen LogP contribution is -2.11. The third-order valence-electron chi connectivity index (χ3n) is 3.50. The van der Waals surface area contributed by atoms with E-state index in [1.807, 2.05) is 6.55 Å². The van der Waals surface area contributed by atoms with Crippen molar-refractivity contribution in [2.45, 2.75) is 89.6 Å². The van der Waals surface area contributed by atoms with Crippen molar-refractivity contribution in [3.8, 4) is 0 Å². The van der Waals surface area contributed by atoms with Gasteiger partial charge in [0.15, 0.2) is 0 Å². The first-order valence-electron chi connectivity index (χ1n) is 8.00. The first kappa shape index (κ1) is 20.1. The Morgan fingerprint density at radius 2 is 0.895 bits per heavy atom. The van der Waals surface area contributed by atoms with Crippen LogP contribution in [-0.4, -0.2) is 12.6 Å². The van der Waals surface area contributed by atoms with Crippen LogP contribution in [0.1, 0.15) is 77.0 Å². The van der Waals surface area contributed by atoms with Crippen molar-refractivity contribution in [2.24, 2.45) is 0 Å². The summed E-state index contributed by atoms with van der Waals surface area (Å²) in [6.45, 7) is 0.196. The van der Waals surface area contributed by atoms with Gasteiger partial charge in [0.05, 0.1) is 0 Å². The lowest BCUT2D eigenvalue weighted by atomic mass is 10.1. The fourth-order valence-corrected chi connectivity index (χ4v) is 4.16. The maximum Gasteiger partial charge on any atom is 0.248 e. The lowest BCUT2D eigenvalue weighted by Gasteiger charge is -2.09. The van der Waals surface area contributed by atoms with Gasteiger partial charge in [-0.15, -0.1) is 33.8 Å². The van der Waals surface area contributed by atoms with Gasteiger partial charge in [0.25, 0.3) is 0 Å². The molecule has 0 saturated heterocycles. The highest BCUT2D eigenvalue weighted by atomic mass is 35.7. The molecule has 0 nitrogen and oxygen atoms in total. The topological polar surface area (TPSA) is 0 Å². The Morgan fingerprint density at radius 3 is 1.21 bits per heavy atom. The van der Waals surface area contributed by atoms with Crippen molar-refractivity contribution in [1.82, 2.24) is 0 Å². The van der Waals surface area contributed by atoms with E-state index in [0.29, 0.717) is 0 Å². The molecule has 4 heteroatoms. The quantitative estimate of drug-likeness (QED) is 0.133. The van der Waals surface area contributed by atoms with Gasteiger partial charge in [0, 0.05) is 5.88 Å². The first-order valence-corrected chi connectivity index (χ1v) is 13.3. The van der Waals surface area contributed by atoms with Crippen LogP contribution in [0.5, 0.6) is 0 Å². The summed E-state index contributed by atoms with van der Waals surface area (Å²) in [5, 5.41) is 0. The highest BCUT2D eigenvalue weighted by Crippen LogP contribution is 2.23. The van der Waals surface area contributed by atoms with Crippen molar-refractivity contribution in [3.05, 3.63) is 0 Å². The third kappa shape index (κ3) is 19.1. The molecule has 116 valence electrons. The molecule has 0 atom stereocenters. The predicted octanol–water partition coefficient (Wildman–Crippen LogP) is 7.46. The second-order valence-electron chi connectivity index (χ2n) is 5.75. The zero-order valence-corrected chi connectivity index (χ0v) is 15.8. The fraction of sp³-hybridized carbons (Fsp3) is 1.00. The van der Waals surface area contributed by atoms with E-state index in [1.165, 1.54) is 77.0 Å². The predicted molar refractivity (Wildman–Crippen MR) is 94.3 cm³/mol. The monoisotopic (exact) mass is 344 g/mol. The molecule has 0 rings (SSSR count). The maximum absolute atomic E-state index is 6.07. The van der Waals surface area contributed by atoms with Crippen LogP contribution in [0.25, 0.3) is 0 Å². The van der Waals surface area contributed by atoms with E-state index in [2.05, 4.69) is 0 Å². The minimum Gasteiger partial charge on any atom is -0.146 e. The number of halogens is 3. The molecular weight excluding hydrogens is 315 g/mol. The second-order valence-corrected chi connectivity index (χ2v) is 14.4. The zero-order chi connectivity index (χ0) is 14.4. The van der Waals surface area contributed by atoms with Crippen LogP contribution in [0.3, 0.4) is 0 Å². The smallest absolute Gasteiger partial charge is 0.146 e. The zero-order valence-electron chi connectivity index (χ0n) is 12.5. The normalized spacial score (nSPS) is 12.0. The molecule has 0 amide bonds. The lowest BCUT2D eigenvalue weighted by molar-refractivity contribution is 0.548. The van der Waals surface area contributed by atoms with Gasteiger partial charge >= 0.3 is 0 Å². The number of hydrogen-bond acceptors (Lipinski definition) is 0. The molecule has 0 saturated carbocycles. The van der Waals surface area contributed by atoms with Crippen molar-refractivity contribution >= 4 is 40.5 Å².